The Labute approximate surface area is 198 Å². The van der Waals surface area contributed by atoms with Crippen LogP contribution in [0.5, 0.6) is 11.5 Å². The molecule has 2 aromatic heterocycles. The van der Waals surface area contributed by atoms with Crippen molar-refractivity contribution in [3.63, 3.8) is 0 Å². The number of furan rings is 1. The molecule has 1 fully saturated rings. The Kier molecular flexibility index (Phi) is 7.59. The summed E-state index contributed by atoms with van der Waals surface area (Å²) in [5.41, 5.74) is 0.971. The molecule has 8 nitrogen and oxygen atoms in total. The number of ether oxygens (including phenoxy) is 2. The highest BCUT2D eigenvalue weighted by Crippen LogP contribution is 2.36. The van der Waals surface area contributed by atoms with E-state index in [0.29, 0.717) is 29.8 Å². The van der Waals surface area contributed by atoms with Crippen molar-refractivity contribution in [2.75, 3.05) is 27.0 Å². The molecule has 0 bridgehead atoms. The van der Waals surface area contributed by atoms with Crippen molar-refractivity contribution in [2.45, 2.75) is 49.8 Å². The molecule has 0 N–H and O–H groups in total. The van der Waals surface area contributed by atoms with Crippen LogP contribution in [-0.4, -0.2) is 52.6 Å². The lowest BCUT2D eigenvalue weighted by Crippen LogP contribution is -2.28. The second-order valence-corrected chi connectivity index (χ2v) is 9.12. The minimum atomic E-state index is 0.0209. The molecule has 9 heteroatoms. The molecule has 1 saturated carbocycles. The topological polar surface area (TPSA) is 82.6 Å². The third kappa shape index (κ3) is 5.35. The van der Waals surface area contributed by atoms with Gasteiger partial charge in [-0.2, -0.15) is 0 Å². The standard InChI is InChI=1S/C24H30N4O4S/c1-27(15-17-11-12-19(30-2)21(14-17)31-3)22(29)16-33-24-26-25-23(20-10-7-13-32-20)28(24)18-8-5-4-6-9-18/h7,10-14,18H,4-6,8-9,15-16H2,1-3H3. The van der Waals surface area contributed by atoms with E-state index in [2.05, 4.69) is 14.8 Å². The van der Waals surface area contributed by atoms with Crippen molar-refractivity contribution in [1.29, 1.82) is 0 Å². The molecule has 1 aliphatic carbocycles. The lowest BCUT2D eigenvalue weighted by molar-refractivity contribution is -0.127. The summed E-state index contributed by atoms with van der Waals surface area (Å²) in [5, 5.41) is 9.59. The number of benzene rings is 1. The van der Waals surface area contributed by atoms with Crippen LogP contribution in [0.1, 0.15) is 43.7 Å². The average Bonchev–Trinajstić information content (AvgIpc) is 3.52. The number of carbonyl (C=O) groups excluding carboxylic acids is 1. The zero-order valence-corrected chi connectivity index (χ0v) is 20.1. The molecule has 1 aliphatic rings. The van der Waals surface area contributed by atoms with E-state index in [0.717, 1.165) is 29.4 Å². The first-order valence-corrected chi connectivity index (χ1v) is 12.2. The van der Waals surface area contributed by atoms with Crippen LogP contribution in [0.2, 0.25) is 0 Å². The van der Waals surface area contributed by atoms with Gasteiger partial charge in [0.1, 0.15) is 0 Å². The summed E-state index contributed by atoms with van der Waals surface area (Å²) in [4.78, 5) is 14.6. The number of carbonyl (C=O) groups is 1. The average molecular weight is 471 g/mol. The van der Waals surface area contributed by atoms with E-state index in [4.69, 9.17) is 13.9 Å². The van der Waals surface area contributed by atoms with Gasteiger partial charge in [0, 0.05) is 19.6 Å². The molecule has 0 radical (unpaired) electrons. The van der Waals surface area contributed by atoms with Crippen LogP contribution in [0.3, 0.4) is 0 Å². The van der Waals surface area contributed by atoms with E-state index in [1.165, 1.54) is 31.0 Å². The highest BCUT2D eigenvalue weighted by atomic mass is 32.2. The lowest BCUT2D eigenvalue weighted by atomic mass is 9.95. The minimum absolute atomic E-state index is 0.0209. The third-order valence-corrected chi connectivity index (χ3v) is 6.89. The van der Waals surface area contributed by atoms with Gasteiger partial charge in [0.25, 0.3) is 0 Å². The normalized spacial score (nSPS) is 14.3. The second kappa shape index (κ2) is 10.8. The maximum absolute atomic E-state index is 12.9. The highest BCUT2D eigenvalue weighted by Gasteiger charge is 2.25. The van der Waals surface area contributed by atoms with Crippen LogP contribution in [0.25, 0.3) is 11.6 Å². The number of amides is 1. The molecule has 1 amide bonds. The fourth-order valence-corrected chi connectivity index (χ4v) is 5.14. The molecule has 0 aliphatic heterocycles. The van der Waals surface area contributed by atoms with Gasteiger partial charge >= 0.3 is 0 Å². The Bertz CT molecular complexity index is 1060. The van der Waals surface area contributed by atoms with Gasteiger partial charge in [0.05, 0.1) is 26.2 Å². The van der Waals surface area contributed by atoms with Crippen molar-refractivity contribution in [2.24, 2.45) is 0 Å². The fourth-order valence-electron chi connectivity index (χ4n) is 4.20. The van der Waals surface area contributed by atoms with Gasteiger partial charge in [0.2, 0.25) is 11.7 Å². The molecule has 0 atom stereocenters. The Morgan fingerprint density at radius 1 is 1.15 bits per heavy atom. The van der Waals surface area contributed by atoms with Crippen molar-refractivity contribution >= 4 is 17.7 Å². The Morgan fingerprint density at radius 3 is 2.64 bits per heavy atom. The van der Waals surface area contributed by atoms with Crippen LogP contribution in [0.15, 0.2) is 46.2 Å². The van der Waals surface area contributed by atoms with Crippen LogP contribution < -0.4 is 9.47 Å². The van der Waals surface area contributed by atoms with Crippen molar-refractivity contribution in [1.82, 2.24) is 19.7 Å². The molecule has 0 unspecified atom stereocenters. The van der Waals surface area contributed by atoms with Gasteiger partial charge in [-0.05, 0) is 42.7 Å². The number of aromatic nitrogens is 3. The summed E-state index contributed by atoms with van der Waals surface area (Å²) in [6.07, 6.45) is 7.47. The molecule has 33 heavy (non-hydrogen) atoms. The largest absolute Gasteiger partial charge is 0.493 e. The molecular formula is C24H30N4O4S. The summed E-state index contributed by atoms with van der Waals surface area (Å²) in [6, 6.07) is 9.77. The minimum Gasteiger partial charge on any atom is -0.493 e. The molecule has 0 saturated heterocycles. The molecular weight excluding hydrogens is 440 g/mol. The van der Waals surface area contributed by atoms with Crippen LogP contribution >= 0.6 is 11.8 Å². The predicted octanol–water partition coefficient (Wildman–Crippen LogP) is 4.81. The number of rotatable bonds is 9. The van der Waals surface area contributed by atoms with E-state index in [1.807, 2.05) is 30.3 Å². The zero-order valence-electron chi connectivity index (χ0n) is 19.3. The van der Waals surface area contributed by atoms with E-state index < -0.39 is 0 Å². The monoisotopic (exact) mass is 470 g/mol. The highest BCUT2D eigenvalue weighted by molar-refractivity contribution is 7.99. The number of hydrogen-bond acceptors (Lipinski definition) is 7. The Morgan fingerprint density at radius 2 is 1.94 bits per heavy atom. The molecule has 1 aromatic carbocycles. The Balaban J connectivity index is 1.44. The maximum atomic E-state index is 12.9. The summed E-state index contributed by atoms with van der Waals surface area (Å²) in [6.45, 7) is 0.479. The van der Waals surface area contributed by atoms with E-state index in [-0.39, 0.29) is 11.7 Å². The predicted molar refractivity (Wildman–Crippen MR) is 127 cm³/mol. The summed E-state index contributed by atoms with van der Waals surface area (Å²) in [7, 11) is 5.01. The Hall–Kier alpha value is -2.94. The zero-order chi connectivity index (χ0) is 23.2. The molecule has 176 valence electrons. The number of thioether (sulfide) groups is 1. The first-order chi connectivity index (χ1) is 16.1. The van der Waals surface area contributed by atoms with Gasteiger partial charge < -0.3 is 18.8 Å². The van der Waals surface area contributed by atoms with Gasteiger partial charge in [-0.15, -0.1) is 10.2 Å². The fraction of sp³-hybridized carbons (Fsp3) is 0.458. The molecule has 3 aromatic rings. The van der Waals surface area contributed by atoms with Gasteiger partial charge in [-0.3, -0.25) is 9.36 Å². The molecule has 2 heterocycles. The van der Waals surface area contributed by atoms with E-state index in [9.17, 15) is 4.79 Å². The van der Waals surface area contributed by atoms with Crippen molar-refractivity contribution < 1.29 is 18.7 Å². The van der Waals surface area contributed by atoms with E-state index in [1.54, 1.807) is 32.4 Å². The maximum Gasteiger partial charge on any atom is 0.233 e. The number of methoxy groups -OCH3 is 2. The molecule has 4 rings (SSSR count). The summed E-state index contributed by atoms with van der Waals surface area (Å²) >= 11 is 1.43. The third-order valence-electron chi connectivity index (χ3n) is 5.96. The number of hydrogen-bond donors (Lipinski definition) is 0. The molecule has 0 spiro atoms. The van der Waals surface area contributed by atoms with Gasteiger partial charge in [-0.25, -0.2) is 0 Å². The van der Waals surface area contributed by atoms with Crippen LogP contribution in [0.4, 0.5) is 0 Å². The van der Waals surface area contributed by atoms with Crippen molar-refractivity contribution in [3.8, 4) is 23.1 Å². The smallest absolute Gasteiger partial charge is 0.233 e. The van der Waals surface area contributed by atoms with Crippen LogP contribution in [-0.2, 0) is 11.3 Å². The quantitative estimate of drug-likeness (QED) is 0.415. The van der Waals surface area contributed by atoms with Gasteiger partial charge in [-0.1, -0.05) is 37.1 Å². The SMILES string of the molecule is COc1ccc(CN(C)C(=O)CSc2nnc(-c3ccco3)n2C2CCCCC2)cc1OC. The van der Waals surface area contributed by atoms with Crippen LogP contribution in [0, 0.1) is 0 Å². The second-order valence-electron chi connectivity index (χ2n) is 8.17. The van der Waals surface area contributed by atoms with Gasteiger partial charge in [0.15, 0.2) is 22.4 Å². The first kappa shape index (κ1) is 23.2. The summed E-state index contributed by atoms with van der Waals surface area (Å²) in [5.74, 6) is 3.06. The number of nitrogens with zero attached hydrogens (tertiary/aromatic N) is 4. The lowest BCUT2D eigenvalue weighted by Gasteiger charge is -2.25. The van der Waals surface area contributed by atoms with E-state index >= 15 is 0 Å². The summed E-state index contributed by atoms with van der Waals surface area (Å²) < 4.78 is 18.4. The van der Waals surface area contributed by atoms with Crippen molar-refractivity contribution in [3.05, 3.63) is 42.2 Å². The first-order valence-electron chi connectivity index (χ1n) is 11.2.